The lowest BCUT2D eigenvalue weighted by molar-refractivity contribution is 0.0529. The van der Waals surface area contributed by atoms with Gasteiger partial charge in [0.05, 0.1) is 20.3 Å². The summed E-state index contributed by atoms with van der Waals surface area (Å²) in [5.41, 5.74) is 0.497. The van der Waals surface area contributed by atoms with Gasteiger partial charge in [0.25, 0.3) is 0 Å². The van der Waals surface area contributed by atoms with Crippen LogP contribution in [-0.4, -0.2) is 51.0 Å². The molecule has 0 saturated carbocycles. The first-order valence-corrected chi connectivity index (χ1v) is 9.57. The molecule has 1 aromatic carbocycles. The molecule has 1 rings (SSSR count). The van der Waals surface area contributed by atoms with Crippen LogP contribution in [0.25, 0.3) is 0 Å². The zero-order valence-corrected chi connectivity index (χ0v) is 20.6. The molecule has 0 aliphatic carbocycles. The number of halogens is 1. The molecule has 0 aliphatic heterocycles. The van der Waals surface area contributed by atoms with Crippen LogP contribution in [0, 0.1) is 0 Å². The van der Waals surface area contributed by atoms with E-state index in [1.54, 1.807) is 7.11 Å². The number of hydrogen-bond donors (Lipinski definition) is 3. The summed E-state index contributed by atoms with van der Waals surface area (Å²) in [5, 5.41) is 9.07. The van der Waals surface area contributed by atoms with Gasteiger partial charge < -0.3 is 30.2 Å². The number of rotatable bonds is 9. The average molecular weight is 522 g/mol. The molecule has 166 valence electrons. The second kappa shape index (κ2) is 14.1. The molecule has 0 saturated heterocycles. The van der Waals surface area contributed by atoms with E-state index in [1.165, 1.54) is 0 Å². The third kappa shape index (κ3) is 11.6. The second-order valence-corrected chi connectivity index (χ2v) is 6.97. The first-order chi connectivity index (χ1) is 13.3. The highest BCUT2D eigenvalue weighted by Gasteiger charge is 2.15. The first kappa shape index (κ1) is 27.1. The smallest absolute Gasteiger partial charge is 0.407 e. The van der Waals surface area contributed by atoms with E-state index in [1.807, 2.05) is 52.8 Å². The van der Waals surface area contributed by atoms with Crippen molar-refractivity contribution >= 4 is 36.0 Å². The van der Waals surface area contributed by atoms with Gasteiger partial charge in [-0.3, -0.25) is 0 Å². The minimum atomic E-state index is -0.507. The molecule has 0 unspecified atom stereocenters. The molecule has 0 atom stereocenters. The summed E-state index contributed by atoms with van der Waals surface area (Å²) in [6.45, 7) is 12.2. The van der Waals surface area contributed by atoms with E-state index >= 15 is 0 Å². The largest absolute Gasteiger partial charge is 0.493 e. The van der Waals surface area contributed by atoms with Crippen molar-refractivity contribution in [3.63, 3.8) is 0 Å². The molecular weight excluding hydrogens is 487 g/mol. The Hall–Kier alpha value is -1.91. The number of nitrogens with one attached hydrogen (secondary N) is 3. The average Bonchev–Trinajstić information content (AvgIpc) is 2.62. The Morgan fingerprint density at radius 2 is 1.76 bits per heavy atom. The lowest BCUT2D eigenvalue weighted by Crippen LogP contribution is -2.42. The highest BCUT2D eigenvalue weighted by Crippen LogP contribution is 2.28. The van der Waals surface area contributed by atoms with Gasteiger partial charge in [0.2, 0.25) is 0 Å². The predicted octanol–water partition coefficient (Wildman–Crippen LogP) is 3.29. The Labute approximate surface area is 191 Å². The van der Waals surface area contributed by atoms with Crippen LogP contribution in [0.2, 0.25) is 0 Å². The van der Waals surface area contributed by atoms with Crippen LogP contribution in [0.15, 0.2) is 23.2 Å². The zero-order chi connectivity index (χ0) is 21.0. The summed E-state index contributed by atoms with van der Waals surface area (Å²) in [7, 11) is 1.62. The van der Waals surface area contributed by atoms with Crippen molar-refractivity contribution in [2.24, 2.45) is 4.99 Å². The van der Waals surface area contributed by atoms with E-state index in [0.717, 1.165) is 17.9 Å². The van der Waals surface area contributed by atoms with Crippen LogP contribution in [0.3, 0.4) is 0 Å². The van der Waals surface area contributed by atoms with E-state index in [0.29, 0.717) is 38.0 Å². The SMILES string of the molecule is CCNC(=NCc1ccc(OCC)c(OC)c1)NCCNC(=O)OC(C)(C)C.I. The maximum Gasteiger partial charge on any atom is 0.407 e. The molecule has 0 radical (unpaired) electrons. The van der Waals surface area contributed by atoms with Crippen LogP contribution >= 0.6 is 24.0 Å². The summed E-state index contributed by atoms with van der Waals surface area (Å²) in [5.74, 6) is 2.08. The molecule has 1 aromatic rings. The number of carbonyl (C=O) groups is 1. The topological polar surface area (TPSA) is 93.2 Å². The minimum Gasteiger partial charge on any atom is -0.493 e. The summed E-state index contributed by atoms with van der Waals surface area (Å²) < 4.78 is 16.1. The summed E-state index contributed by atoms with van der Waals surface area (Å²) in [6, 6.07) is 5.77. The Morgan fingerprint density at radius 1 is 1.07 bits per heavy atom. The Kier molecular flexibility index (Phi) is 13.2. The summed E-state index contributed by atoms with van der Waals surface area (Å²) in [4.78, 5) is 16.2. The molecular formula is C20H35IN4O4. The number of benzene rings is 1. The number of amides is 1. The number of carbonyl (C=O) groups excluding carboxylic acids is 1. The number of nitrogens with zero attached hydrogens (tertiary/aromatic N) is 1. The van der Waals surface area contributed by atoms with Crippen molar-refractivity contribution in [1.82, 2.24) is 16.0 Å². The molecule has 9 heteroatoms. The zero-order valence-electron chi connectivity index (χ0n) is 18.3. The highest BCUT2D eigenvalue weighted by atomic mass is 127. The fraction of sp³-hybridized carbons (Fsp3) is 0.600. The van der Waals surface area contributed by atoms with Gasteiger partial charge in [0.15, 0.2) is 17.5 Å². The van der Waals surface area contributed by atoms with Gasteiger partial charge >= 0.3 is 6.09 Å². The van der Waals surface area contributed by atoms with Crippen molar-refractivity contribution in [1.29, 1.82) is 0 Å². The number of alkyl carbamates (subject to hydrolysis) is 1. The molecule has 29 heavy (non-hydrogen) atoms. The van der Waals surface area contributed by atoms with E-state index in [4.69, 9.17) is 14.2 Å². The maximum atomic E-state index is 11.6. The van der Waals surface area contributed by atoms with E-state index in [-0.39, 0.29) is 24.0 Å². The van der Waals surface area contributed by atoms with Crippen LogP contribution < -0.4 is 25.4 Å². The third-order valence-electron chi connectivity index (χ3n) is 3.38. The van der Waals surface area contributed by atoms with E-state index in [2.05, 4.69) is 20.9 Å². The number of aliphatic imine (C=N–C) groups is 1. The van der Waals surface area contributed by atoms with Gasteiger partial charge in [-0.1, -0.05) is 6.07 Å². The molecule has 1 amide bonds. The molecule has 0 heterocycles. The number of hydrogen-bond acceptors (Lipinski definition) is 5. The predicted molar refractivity (Wildman–Crippen MR) is 127 cm³/mol. The molecule has 0 bridgehead atoms. The Morgan fingerprint density at radius 3 is 2.34 bits per heavy atom. The van der Waals surface area contributed by atoms with Crippen LogP contribution in [0.5, 0.6) is 11.5 Å². The fourth-order valence-corrected chi connectivity index (χ4v) is 2.26. The standard InChI is InChI=1S/C20H34N4O4.HI/c1-7-21-18(22-11-12-23-19(25)28-20(3,4)5)24-14-15-9-10-16(27-8-2)17(13-15)26-6;/h9-10,13H,7-8,11-12,14H2,1-6H3,(H,23,25)(H2,21,22,24);1H. The van der Waals surface area contributed by atoms with E-state index < -0.39 is 11.7 Å². The summed E-state index contributed by atoms with van der Waals surface area (Å²) >= 11 is 0. The molecule has 0 fully saturated rings. The van der Waals surface area contributed by atoms with Gasteiger partial charge in [-0.25, -0.2) is 9.79 Å². The maximum absolute atomic E-state index is 11.6. The van der Waals surface area contributed by atoms with Gasteiger partial charge in [-0.2, -0.15) is 0 Å². The Bertz CT molecular complexity index is 648. The number of ether oxygens (including phenoxy) is 3. The quantitative estimate of drug-likeness (QED) is 0.200. The third-order valence-corrected chi connectivity index (χ3v) is 3.38. The van der Waals surface area contributed by atoms with Gasteiger partial charge in [-0.05, 0) is 52.3 Å². The number of methoxy groups -OCH3 is 1. The fourth-order valence-electron chi connectivity index (χ4n) is 2.26. The van der Waals surface area contributed by atoms with Crippen LogP contribution in [0.4, 0.5) is 4.79 Å². The first-order valence-electron chi connectivity index (χ1n) is 9.57. The lowest BCUT2D eigenvalue weighted by Gasteiger charge is -2.20. The van der Waals surface area contributed by atoms with Crippen molar-refractivity contribution in [3.8, 4) is 11.5 Å². The molecule has 0 spiro atoms. The van der Waals surface area contributed by atoms with Crippen molar-refractivity contribution < 1.29 is 19.0 Å². The lowest BCUT2D eigenvalue weighted by atomic mass is 10.2. The molecule has 0 aliphatic rings. The molecule has 8 nitrogen and oxygen atoms in total. The number of guanidine groups is 1. The van der Waals surface area contributed by atoms with Crippen molar-refractivity contribution in [2.75, 3.05) is 33.4 Å². The van der Waals surface area contributed by atoms with E-state index in [9.17, 15) is 4.79 Å². The van der Waals surface area contributed by atoms with Crippen molar-refractivity contribution in [3.05, 3.63) is 23.8 Å². The van der Waals surface area contributed by atoms with Gasteiger partial charge in [0, 0.05) is 19.6 Å². The second-order valence-electron chi connectivity index (χ2n) is 6.97. The minimum absolute atomic E-state index is 0. The van der Waals surface area contributed by atoms with Crippen LogP contribution in [0.1, 0.15) is 40.2 Å². The molecule has 3 N–H and O–H groups in total. The Balaban J connectivity index is 0.00000784. The van der Waals surface area contributed by atoms with Gasteiger partial charge in [0.1, 0.15) is 5.60 Å². The highest BCUT2D eigenvalue weighted by molar-refractivity contribution is 14.0. The monoisotopic (exact) mass is 522 g/mol. The normalized spacial score (nSPS) is 11.2. The summed E-state index contributed by atoms with van der Waals surface area (Å²) in [6.07, 6.45) is -0.433. The van der Waals surface area contributed by atoms with Gasteiger partial charge in [-0.15, -0.1) is 24.0 Å². The van der Waals surface area contributed by atoms with Crippen molar-refractivity contribution in [2.45, 2.75) is 46.8 Å². The van der Waals surface area contributed by atoms with Crippen LogP contribution in [-0.2, 0) is 11.3 Å². The molecule has 0 aromatic heterocycles.